The smallest absolute Gasteiger partial charge is 0.408 e. The zero-order valence-electron chi connectivity index (χ0n) is 10.9. The number of carboxylic acids is 1. The highest BCUT2D eigenvalue weighted by molar-refractivity contribution is 5.93. The van der Waals surface area contributed by atoms with E-state index in [1.54, 1.807) is 20.8 Å². The number of amides is 1. The van der Waals surface area contributed by atoms with Crippen LogP contribution in [0.1, 0.15) is 40.0 Å². The summed E-state index contributed by atoms with van der Waals surface area (Å²) in [6, 6.07) is -0.621. The maximum Gasteiger partial charge on any atom is 0.408 e. The Bertz CT molecular complexity index is 358. The fourth-order valence-corrected chi connectivity index (χ4v) is 1.94. The third-order valence-corrected chi connectivity index (χ3v) is 2.66. The lowest BCUT2D eigenvalue weighted by atomic mass is 10.0. The van der Waals surface area contributed by atoms with Crippen molar-refractivity contribution in [1.82, 2.24) is 5.32 Å². The summed E-state index contributed by atoms with van der Waals surface area (Å²) < 4.78 is 5.05. The number of alkyl carbamates (subject to hydrolysis) is 1. The molecule has 0 saturated heterocycles. The molecule has 0 radical (unpaired) electrons. The highest BCUT2D eigenvalue weighted by Gasteiger charge is 2.36. The van der Waals surface area contributed by atoms with Crippen LogP contribution in [0.3, 0.4) is 0 Å². The zero-order chi connectivity index (χ0) is 13.9. The molecule has 1 fully saturated rings. The van der Waals surface area contributed by atoms with E-state index in [4.69, 9.17) is 9.84 Å². The first kappa shape index (κ1) is 14.5. The van der Waals surface area contributed by atoms with Gasteiger partial charge in [-0.25, -0.2) is 4.79 Å². The average molecular weight is 257 g/mol. The fourth-order valence-electron chi connectivity index (χ4n) is 1.94. The van der Waals surface area contributed by atoms with E-state index in [0.29, 0.717) is 12.8 Å². The SMILES string of the molecule is CC(C)(C)OC(=O)N[C@H]1CC[C@H](CC(=O)O)C1=O. The van der Waals surface area contributed by atoms with Crippen LogP contribution < -0.4 is 5.32 Å². The third kappa shape index (κ3) is 4.35. The van der Waals surface area contributed by atoms with E-state index < -0.39 is 29.6 Å². The molecule has 0 aliphatic heterocycles. The number of ether oxygens (including phenoxy) is 1. The Morgan fingerprint density at radius 1 is 1.39 bits per heavy atom. The van der Waals surface area contributed by atoms with Crippen LogP contribution in [0.5, 0.6) is 0 Å². The molecule has 0 aromatic heterocycles. The summed E-state index contributed by atoms with van der Waals surface area (Å²) in [6.45, 7) is 5.20. The molecule has 1 aliphatic rings. The Labute approximate surface area is 106 Å². The van der Waals surface area contributed by atoms with Crippen molar-refractivity contribution in [1.29, 1.82) is 0 Å². The lowest BCUT2D eigenvalue weighted by molar-refractivity contribution is -0.140. The molecule has 0 bridgehead atoms. The van der Waals surface area contributed by atoms with Crippen molar-refractivity contribution in [2.75, 3.05) is 0 Å². The second-order valence-electron chi connectivity index (χ2n) is 5.47. The third-order valence-electron chi connectivity index (χ3n) is 2.66. The second kappa shape index (κ2) is 5.37. The maximum atomic E-state index is 11.8. The lowest BCUT2D eigenvalue weighted by Crippen LogP contribution is -2.42. The highest BCUT2D eigenvalue weighted by atomic mass is 16.6. The van der Waals surface area contributed by atoms with Crippen molar-refractivity contribution in [3.8, 4) is 0 Å². The maximum absolute atomic E-state index is 11.8. The van der Waals surface area contributed by atoms with Gasteiger partial charge < -0.3 is 15.2 Å². The predicted molar refractivity (Wildman–Crippen MR) is 63.1 cm³/mol. The van der Waals surface area contributed by atoms with Crippen molar-refractivity contribution >= 4 is 17.8 Å². The Hall–Kier alpha value is -1.59. The quantitative estimate of drug-likeness (QED) is 0.795. The molecular weight excluding hydrogens is 238 g/mol. The number of ketones is 1. The average Bonchev–Trinajstić information content (AvgIpc) is 2.46. The van der Waals surface area contributed by atoms with Crippen LogP contribution in [0.2, 0.25) is 0 Å². The predicted octanol–water partition coefficient (Wildman–Crippen LogP) is 1.33. The Balaban J connectivity index is 2.48. The molecule has 0 aromatic rings. The number of carbonyl (C=O) groups is 3. The summed E-state index contributed by atoms with van der Waals surface area (Å²) in [5.74, 6) is -1.71. The minimum atomic E-state index is -0.994. The van der Waals surface area contributed by atoms with E-state index in [2.05, 4.69) is 5.32 Å². The number of hydrogen-bond acceptors (Lipinski definition) is 4. The standard InChI is InChI=1S/C12H19NO5/c1-12(2,3)18-11(17)13-8-5-4-7(10(8)16)6-9(14)15/h7-8H,4-6H2,1-3H3,(H,13,17)(H,14,15)/t7-,8+/m1/s1. The lowest BCUT2D eigenvalue weighted by Gasteiger charge is -2.21. The summed E-state index contributed by atoms with van der Waals surface area (Å²) in [4.78, 5) is 33.8. The Morgan fingerprint density at radius 3 is 2.50 bits per heavy atom. The van der Waals surface area contributed by atoms with Gasteiger partial charge in [-0.15, -0.1) is 0 Å². The summed E-state index contributed by atoms with van der Waals surface area (Å²) in [5.41, 5.74) is -0.619. The topological polar surface area (TPSA) is 92.7 Å². The van der Waals surface area contributed by atoms with Crippen LogP contribution in [0.4, 0.5) is 4.79 Å². The van der Waals surface area contributed by atoms with E-state index in [9.17, 15) is 14.4 Å². The molecule has 6 nitrogen and oxygen atoms in total. The number of rotatable bonds is 3. The van der Waals surface area contributed by atoms with Crippen LogP contribution >= 0.6 is 0 Å². The van der Waals surface area contributed by atoms with Gasteiger partial charge in [0.15, 0.2) is 5.78 Å². The van der Waals surface area contributed by atoms with Crippen LogP contribution in [-0.4, -0.2) is 34.6 Å². The van der Waals surface area contributed by atoms with Crippen LogP contribution in [-0.2, 0) is 14.3 Å². The van der Waals surface area contributed by atoms with Gasteiger partial charge in [0.1, 0.15) is 5.60 Å². The van der Waals surface area contributed by atoms with Gasteiger partial charge in [0, 0.05) is 5.92 Å². The molecule has 0 aromatic carbocycles. The molecule has 1 rings (SSSR count). The van der Waals surface area contributed by atoms with Crippen LogP contribution in [0.15, 0.2) is 0 Å². The van der Waals surface area contributed by atoms with Crippen LogP contribution in [0.25, 0.3) is 0 Å². The zero-order valence-corrected chi connectivity index (χ0v) is 10.9. The first-order valence-corrected chi connectivity index (χ1v) is 5.94. The second-order valence-corrected chi connectivity index (χ2v) is 5.47. The van der Waals surface area contributed by atoms with Gasteiger partial charge >= 0.3 is 12.1 Å². The van der Waals surface area contributed by atoms with Crippen LogP contribution in [0, 0.1) is 5.92 Å². The largest absolute Gasteiger partial charge is 0.481 e. The molecule has 0 heterocycles. The van der Waals surface area contributed by atoms with E-state index in [-0.39, 0.29) is 12.2 Å². The normalized spacial score (nSPS) is 23.8. The number of aliphatic carboxylic acids is 1. The van der Waals surface area contributed by atoms with Gasteiger partial charge in [-0.3, -0.25) is 9.59 Å². The van der Waals surface area contributed by atoms with Gasteiger partial charge in [-0.1, -0.05) is 0 Å². The van der Waals surface area contributed by atoms with Crippen molar-refractivity contribution < 1.29 is 24.2 Å². The molecule has 6 heteroatoms. The van der Waals surface area contributed by atoms with Gasteiger partial charge in [-0.2, -0.15) is 0 Å². The first-order valence-electron chi connectivity index (χ1n) is 5.94. The van der Waals surface area contributed by atoms with E-state index in [0.717, 1.165) is 0 Å². The van der Waals surface area contributed by atoms with Crippen molar-refractivity contribution in [3.05, 3.63) is 0 Å². The highest BCUT2D eigenvalue weighted by Crippen LogP contribution is 2.25. The number of nitrogens with one attached hydrogen (secondary N) is 1. The Morgan fingerprint density at radius 2 is 2.00 bits per heavy atom. The summed E-state index contributed by atoms with van der Waals surface area (Å²) >= 11 is 0. The molecule has 0 spiro atoms. The van der Waals surface area contributed by atoms with Crippen molar-refractivity contribution in [2.45, 2.75) is 51.7 Å². The number of carbonyl (C=O) groups excluding carboxylic acids is 2. The number of Topliss-reactive ketones (excluding diaryl/α,β-unsaturated/α-hetero) is 1. The monoisotopic (exact) mass is 257 g/mol. The molecule has 2 atom stereocenters. The Kier molecular flexibility index (Phi) is 4.32. The van der Waals surface area contributed by atoms with Crippen molar-refractivity contribution in [3.63, 3.8) is 0 Å². The van der Waals surface area contributed by atoms with E-state index in [1.165, 1.54) is 0 Å². The van der Waals surface area contributed by atoms with Gasteiger partial charge in [-0.05, 0) is 33.6 Å². The van der Waals surface area contributed by atoms with Gasteiger partial charge in [0.25, 0.3) is 0 Å². The molecule has 2 N–H and O–H groups in total. The first-order chi connectivity index (χ1) is 8.19. The molecule has 0 unspecified atom stereocenters. The molecule has 1 amide bonds. The molecule has 1 saturated carbocycles. The fraction of sp³-hybridized carbons (Fsp3) is 0.750. The molecule has 18 heavy (non-hydrogen) atoms. The van der Waals surface area contributed by atoms with E-state index in [1.807, 2.05) is 0 Å². The van der Waals surface area contributed by atoms with E-state index >= 15 is 0 Å². The van der Waals surface area contributed by atoms with Gasteiger partial charge in [0.2, 0.25) is 0 Å². The molecule has 1 aliphatic carbocycles. The van der Waals surface area contributed by atoms with Gasteiger partial charge in [0.05, 0.1) is 12.5 Å². The molecule has 102 valence electrons. The number of hydrogen-bond donors (Lipinski definition) is 2. The number of carboxylic acid groups (broad SMARTS) is 1. The van der Waals surface area contributed by atoms with Crippen molar-refractivity contribution in [2.24, 2.45) is 5.92 Å². The minimum absolute atomic E-state index is 0.175. The summed E-state index contributed by atoms with van der Waals surface area (Å²) in [7, 11) is 0. The summed E-state index contributed by atoms with van der Waals surface area (Å²) in [6.07, 6.45) is 0.143. The minimum Gasteiger partial charge on any atom is -0.481 e. The summed E-state index contributed by atoms with van der Waals surface area (Å²) in [5, 5.41) is 11.1. The molecular formula is C12H19NO5.